The highest BCUT2D eigenvalue weighted by molar-refractivity contribution is 5.81. The molecule has 1 amide bonds. The molecule has 1 heterocycles. The lowest BCUT2D eigenvalue weighted by Crippen LogP contribution is -2.49. The minimum atomic E-state index is -0.933. The highest BCUT2D eigenvalue weighted by atomic mass is 16.4. The molecule has 1 saturated heterocycles. The molecule has 2 rings (SSSR count). The number of hydrogen-bond acceptors (Lipinski definition) is 4. The number of nitrogens with zero attached hydrogens (tertiary/aromatic N) is 2. The summed E-state index contributed by atoms with van der Waals surface area (Å²) in [4.78, 5) is 26.3. The van der Waals surface area contributed by atoms with Gasteiger partial charge < -0.3 is 20.6 Å². The van der Waals surface area contributed by atoms with Crippen LogP contribution in [-0.2, 0) is 9.59 Å². The number of nitrogens with two attached hydrogens (primary N) is 1. The molecule has 0 radical (unpaired) electrons. The van der Waals surface area contributed by atoms with Crippen molar-refractivity contribution in [3.63, 3.8) is 0 Å². The maximum Gasteiger partial charge on any atom is 0.303 e. The molecule has 1 fully saturated rings. The summed E-state index contributed by atoms with van der Waals surface area (Å²) in [5.74, 6) is -1.02. The molecule has 6 nitrogen and oxygen atoms in total. The third-order valence-corrected chi connectivity index (χ3v) is 3.76. The molecule has 0 saturated carbocycles. The topological polar surface area (TPSA) is 86.9 Å². The Bertz CT molecular complexity index is 537. The van der Waals surface area contributed by atoms with Crippen LogP contribution in [0.25, 0.3) is 0 Å². The van der Waals surface area contributed by atoms with Gasteiger partial charge in [0.1, 0.15) is 0 Å². The summed E-state index contributed by atoms with van der Waals surface area (Å²) >= 11 is 0. The van der Waals surface area contributed by atoms with E-state index in [1.807, 2.05) is 25.1 Å². The van der Waals surface area contributed by atoms with E-state index in [4.69, 9.17) is 10.8 Å². The normalized spacial score (nSPS) is 15.1. The molecule has 0 aromatic heterocycles. The van der Waals surface area contributed by atoms with Crippen molar-refractivity contribution >= 4 is 23.3 Å². The van der Waals surface area contributed by atoms with E-state index < -0.39 is 5.97 Å². The first kappa shape index (κ1) is 15.2. The quantitative estimate of drug-likeness (QED) is 0.811. The van der Waals surface area contributed by atoms with E-state index in [0.29, 0.717) is 13.1 Å². The van der Waals surface area contributed by atoms with Crippen molar-refractivity contribution in [2.45, 2.75) is 19.8 Å². The Morgan fingerprint density at radius 3 is 2.48 bits per heavy atom. The van der Waals surface area contributed by atoms with Crippen LogP contribution in [0.5, 0.6) is 0 Å². The predicted octanol–water partition coefficient (Wildman–Crippen LogP) is 1.09. The minimum absolute atomic E-state index is 0.0760. The number of hydrogen-bond donors (Lipinski definition) is 2. The average molecular weight is 291 g/mol. The van der Waals surface area contributed by atoms with Gasteiger partial charge in [0.25, 0.3) is 0 Å². The van der Waals surface area contributed by atoms with Gasteiger partial charge in [0.15, 0.2) is 0 Å². The number of piperazine rings is 1. The standard InChI is InChI=1S/C15H21N3O3/c1-11-2-3-12(16)10-13(11)17-6-8-18(9-7-17)14(19)4-5-15(20)21/h2-3,10H,4-9,16H2,1H3,(H,20,21). The molecule has 0 unspecified atom stereocenters. The van der Waals surface area contributed by atoms with Crippen molar-refractivity contribution in [2.75, 3.05) is 36.8 Å². The summed E-state index contributed by atoms with van der Waals surface area (Å²) in [7, 11) is 0. The second-order valence-electron chi connectivity index (χ2n) is 5.31. The number of carboxylic acids is 1. The number of amides is 1. The van der Waals surface area contributed by atoms with Crippen LogP contribution >= 0.6 is 0 Å². The Morgan fingerprint density at radius 1 is 1.19 bits per heavy atom. The van der Waals surface area contributed by atoms with Gasteiger partial charge in [-0.3, -0.25) is 9.59 Å². The fraction of sp³-hybridized carbons (Fsp3) is 0.467. The average Bonchev–Trinajstić information content (AvgIpc) is 2.47. The Balaban J connectivity index is 1.92. The van der Waals surface area contributed by atoms with Crippen LogP contribution in [0, 0.1) is 6.92 Å². The summed E-state index contributed by atoms with van der Waals surface area (Å²) in [6.07, 6.45) is -0.0278. The number of aryl methyl sites for hydroxylation is 1. The van der Waals surface area contributed by atoms with Gasteiger partial charge in [-0.1, -0.05) is 6.07 Å². The Morgan fingerprint density at radius 2 is 1.86 bits per heavy atom. The SMILES string of the molecule is Cc1ccc(N)cc1N1CCN(C(=O)CCC(=O)O)CC1. The number of carbonyl (C=O) groups excluding carboxylic acids is 1. The van der Waals surface area contributed by atoms with E-state index in [-0.39, 0.29) is 18.7 Å². The lowest BCUT2D eigenvalue weighted by atomic mass is 10.1. The number of carboxylic acid groups (broad SMARTS) is 1. The number of rotatable bonds is 4. The molecule has 21 heavy (non-hydrogen) atoms. The van der Waals surface area contributed by atoms with Gasteiger partial charge in [-0.25, -0.2) is 0 Å². The van der Waals surface area contributed by atoms with Crippen molar-refractivity contribution in [3.05, 3.63) is 23.8 Å². The van der Waals surface area contributed by atoms with Gasteiger partial charge in [0.05, 0.1) is 6.42 Å². The second-order valence-corrected chi connectivity index (χ2v) is 5.31. The van der Waals surface area contributed by atoms with Crippen molar-refractivity contribution in [1.29, 1.82) is 0 Å². The summed E-state index contributed by atoms with van der Waals surface area (Å²) < 4.78 is 0. The van der Waals surface area contributed by atoms with E-state index >= 15 is 0 Å². The van der Waals surface area contributed by atoms with Gasteiger partial charge in [-0.2, -0.15) is 0 Å². The van der Waals surface area contributed by atoms with Crippen LogP contribution in [0.2, 0.25) is 0 Å². The highest BCUT2D eigenvalue weighted by Gasteiger charge is 2.22. The maximum atomic E-state index is 11.9. The van der Waals surface area contributed by atoms with Gasteiger partial charge in [-0.15, -0.1) is 0 Å². The zero-order valence-electron chi connectivity index (χ0n) is 12.2. The molecule has 0 aliphatic carbocycles. The summed E-state index contributed by atoms with van der Waals surface area (Å²) in [5, 5.41) is 8.62. The first-order valence-corrected chi connectivity index (χ1v) is 7.08. The van der Waals surface area contributed by atoms with Crippen LogP contribution in [0.1, 0.15) is 18.4 Å². The van der Waals surface area contributed by atoms with Crippen molar-refractivity contribution in [2.24, 2.45) is 0 Å². The predicted molar refractivity (Wildman–Crippen MR) is 81.3 cm³/mol. The molecule has 114 valence electrons. The first-order chi connectivity index (χ1) is 9.97. The van der Waals surface area contributed by atoms with Crippen molar-refractivity contribution < 1.29 is 14.7 Å². The summed E-state index contributed by atoms with van der Waals surface area (Å²) in [6, 6.07) is 5.83. The zero-order valence-corrected chi connectivity index (χ0v) is 12.2. The molecule has 0 atom stereocenters. The van der Waals surface area contributed by atoms with E-state index in [9.17, 15) is 9.59 Å². The highest BCUT2D eigenvalue weighted by Crippen LogP contribution is 2.24. The first-order valence-electron chi connectivity index (χ1n) is 7.08. The molecular weight excluding hydrogens is 270 g/mol. The zero-order chi connectivity index (χ0) is 15.4. The van der Waals surface area contributed by atoms with Crippen LogP contribution in [0.3, 0.4) is 0 Å². The van der Waals surface area contributed by atoms with Crippen LogP contribution < -0.4 is 10.6 Å². The Labute approximate surface area is 124 Å². The number of anilines is 2. The van der Waals surface area contributed by atoms with Crippen LogP contribution in [0.4, 0.5) is 11.4 Å². The molecule has 1 aromatic rings. The molecule has 0 bridgehead atoms. The third-order valence-electron chi connectivity index (χ3n) is 3.76. The Kier molecular flexibility index (Phi) is 4.67. The number of aliphatic carboxylic acids is 1. The van der Waals surface area contributed by atoms with Gasteiger partial charge in [0, 0.05) is 44.0 Å². The van der Waals surface area contributed by atoms with E-state index in [2.05, 4.69) is 4.90 Å². The summed E-state index contributed by atoms with van der Waals surface area (Å²) in [5.41, 5.74) is 8.83. The van der Waals surface area contributed by atoms with Gasteiger partial charge in [0.2, 0.25) is 5.91 Å². The molecule has 6 heteroatoms. The number of benzene rings is 1. The lowest BCUT2D eigenvalue weighted by molar-refractivity contribution is -0.141. The lowest BCUT2D eigenvalue weighted by Gasteiger charge is -2.37. The molecule has 1 aliphatic rings. The number of carbonyl (C=O) groups is 2. The fourth-order valence-corrected chi connectivity index (χ4v) is 2.54. The smallest absolute Gasteiger partial charge is 0.303 e. The van der Waals surface area contributed by atoms with Gasteiger partial charge in [-0.05, 0) is 24.6 Å². The minimum Gasteiger partial charge on any atom is -0.481 e. The monoisotopic (exact) mass is 291 g/mol. The van der Waals surface area contributed by atoms with E-state index in [0.717, 1.165) is 30.0 Å². The van der Waals surface area contributed by atoms with Crippen molar-refractivity contribution in [1.82, 2.24) is 4.90 Å². The molecule has 3 N–H and O–H groups in total. The third kappa shape index (κ3) is 3.87. The fourth-order valence-electron chi connectivity index (χ4n) is 2.54. The van der Waals surface area contributed by atoms with Crippen molar-refractivity contribution in [3.8, 4) is 0 Å². The van der Waals surface area contributed by atoms with E-state index in [1.54, 1.807) is 4.90 Å². The molecule has 1 aliphatic heterocycles. The second kappa shape index (κ2) is 6.47. The van der Waals surface area contributed by atoms with Crippen LogP contribution in [-0.4, -0.2) is 48.1 Å². The largest absolute Gasteiger partial charge is 0.481 e. The summed E-state index contributed by atoms with van der Waals surface area (Å²) in [6.45, 7) is 4.75. The molecular formula is C15H21N3O3. The number of nitrogen functional groups attached to an aromatic ring is 1. The Hall–Kier alpha value is -2.24. The maximum absolute atomic E-state index is 11.9. The molecule has 0 spiro atoms. The van der Waals surface area contributed by atoms with Crippen LogP contribution in [0.15, 0.2) is 18.2 Å². The molecule has 1 aromatic carbocycles. The van der Waals surface area contributed by atoms with E-state index in [1.165, 1.54) is 0 Å². The van der Waals surface area contributed by atoms with Gasteiger partial charge >= 0.3 is 5.97 Å².